The van der Waals surface area contributed by atoms with Gasteiger partial charge in [-0.3, -0.25) is 0 Å². The van der Waals surface area contributed by atoms with Gasteiger partial charge in [-0.05, 0) is 19.3 Å². The minimum Gasteiger partial charge on any atom is -0.195 e. The van der Waals surface area contributed by atoms with Crippen molar-refractivity contribution < 1.29 is 8.42 Å². The van der Waals surface area contributed by atoms with E-state index in [1.54, 1.807) is 0 Å². The third kappa shape index (κ3) is 2.07. The van der Waals surface area contributed by atoms with Gasteiger partial charge >= 0.3 is 0 Å². The van der Waals surface area contributed by atoms with E-state index in [1.165, 1.54) is 4.31 Å². The van der Waals surface area contributed by atoms with E-state index in [0.29, 0.717) is 12.5 Å². The lowest BCUT2D eigenvalue weighted by Crippen LogP contribution is -2.30. The molecule has 0 amide bonds. The quantitative estimate of drug-likeness (QED) is 0.593. The molecular weight excluding hydrogens is 186 g/mol. The molecule has 1 rings (SSSR count). The molecule has 1 heterocycles. The van der Waals surface area contributed by atoms with Crippen LogP contribution in [0.25, 0.3) is 0 Å². The average Bonchev–Trinajstić information content (AvgIpc) is 2.08. The lowest BCUT2D eigenvalue weighted by Gasteiger charge is -2.15. The van der Waals surface area contributed by atoms with Crippen molar-refractivity contribution in [3.63, 3.8) is 0 Å². The van der Waals surface area contributed by atoms with Crippen molar-refractivity contribution in [3.05, 3.63) is 0 Å². The summed E-state index contributed by atoms with van der Waals surface area (Å²) in [4.78, 5) is 0. The minimum atomic E-state index is -3.48. The van der Waals surface area contributed by atoms with Gasteiger partial charge in [-0.1, -0.05) is 6.92 Å². The van der Waals surface area contributed by atoms with Crippen LogP contribution < -0.4 is 0 Å². The molecule has 0 aromatic heterocycles. The maximum atomic E-state index is 10.9. The van der Waals surface area contributed by atoms with Gasteiger partial charge in [0.15, 0.2) is 0 Å². The molecule has 0 N–H and O–H groups in total. The topological polar surface area (TPSA) is 37.4 Å². The summed E-state index contributed by atoms with van der Waals surface area (Å²) >= 11 is 0. The average molecular weight is 198 g/mol. The SMILES string of the molecule is CC1CC(C)N(S(=O)(=O)Cl)C1. The van der Waals surface area contributed by atoms with Crippen LogP contribution in [-0.4, -0.2) is 25.3 Å². The van der Waals surface area contributed by atoms with Crippen molar-refractivity contribution in [2.24, 2.45) is 5.92 Å². The molecule has 1 aliphatic rings. The van der Waals surface area contributed by atoms with Gasteiger partial charge in [0.05, 0.1) is 0 Å². The molecule has 0 radical (unpaired) electrons. The summed E-state index contributed by atoms with van der Waals surface area (Å²) in [5, 5.41) is 0. The first-order valence-corrected chi connectivity index (χ1v) is 5.89. The molecule has 11 heavy (non-hydrogen) atoms. The Morgan fingerprint density at radius 2 is 2.00 bits per heavy atom. The van der Waals surface area contributed by atoms with E-state index in [1.807, 2.05) is 13.8 Å². The highest BCUT2D eigenvalue weighted by atomic mass is 35.7. The van der Waals surface area contributed by atoms with Crippen molar-refractivity contribution in [3.8, 4) is 0 Å². The molecule has 0 aliphatic carbocycles. The summed E-state index contributed by atoms with van der Waals surface area (Å²) in [6.45, 7) is 4.47. The Bertz CT molecular complexity index is 239. The first kappa shape index (κ1) is 9.29. The molecule has 0 saturated carbocycles. The number of halogens is 1. The van der Waals surface area contributed by atoms with E-state index in [-0.39, 0.29) is 6.04 Å². The van der Waals surface area contributed by atoms with Crippen molar-refractivity contribution >= 4 is 19.9 Å². The van der Waals surface area contributed by atoms with Gasteiger partial charge in [0, 0.05) is 23.3 Å². The Morgan fingerprint density at radius 3 is 2.18 bits per heavy atom. The normalized spacial score (nSPS) is 34.5. The molecule has 1 fully saturated rings. The van der Waals surface area contributed by atoms with E-state index in [2.05, 4.69) is 0 Å². The Balaban J connectivity index is 2.76. The van der Waals surface area contributed by atoms with Gasteiger partial charge in [-0.25, -0.2) is 0 Å². The van der Waals surface area contributed by atoms with E-state index in [4.69, 9.17) is 10.7 Å². The number of nitrogens with zero attached hydrogens (tertiary/aromatic N) is 1. The largest absolute Gasteiger partial charge is 0.300 e. The lowest BCUT2D eigenvalue weighted by atomic mass is 10.1. The summed E-state index contributed by atoms with van der Waals surface area (Å²) in [5.74, 6) is 0.429. The molecule has 1 saturated heterocycles. The summed E-state index contributed by atoms with van der Waals surface area (Å²) in [6, 6.07) is 0.0625. The predicted octanol–water partition coefficient (Wildman–Crippen LogP) is 1.20. The summed E-state index contributed by atoms with van der Waals surface area (Å²) in [5.41, 5.74) is 0. The standard InChI is InChI=1S/C6H12ClNO2S/c1-5-3-6(2)8(4-5)11(7,9)10/h5-6H,3-4H2,1-2H3. The van der Waals surface area contributed by atoms with Crippen LogP contribution in [0.15, 0.2) is 0 Å². The van der Waals surface area contributed by atoms with E-state index in [0.717, 1.165) is 6.42 Å². The van der Waals surface area contributed by atoms with Crippen LogP contribution in [0, 0.1) is 5.92 Å². The van der Waals surface area contributed by atoms with E-state index < -0.39 is 9.24 Å². The maximum absolute atomic E-state index is 10.9. The fraction of sp³-hybridized carbons (Fsp3) is 1.00. The fourth-order valence-electron chi connectivity index (χ4n) is 1.57. The molecule has 3 nitrogen and oxygen atoms in total. The zero-order valence-electron chi connectivity index (χ0n) is 6.62. The van der Waals surface area contributed by atoms with Crippen molar-refractivity contribution in [2.75, 3.05) is 6.54 Å². The second-order valence-corrected chi connectivity index (χ2v) is 5.66. The predicted molar refractivity (Wildman–Crippen MR) is 44.7 cm³/mol. The van der Waals surface area contributed by atoms with Crippen LogP contribution in [0.5, 0.6) is 0 Å². The molecule has 1 aliphatic heterocycles. The third-order valence-corrected chi connectivity index (χ3v) is 3.61. The number of hydrogen-bond acceptors (Lipinski definition) is 2. The molecule has 0 bridgehead atoms. The van der Waals surface area contributed by atoms with Gasteiger partial charge in [0.2, 0.25) is 0 Å². The first-order valence-electron chi connectivity index (χ1n) is 3.62. The Labute approximate surface area is 71.9 Å². The van der Waals surface area contributed by atoms with Crippen LogP contribution in [0.4, 0.5) is 0 Å². The number of rotatable bonds is 1. The summed E-state index contributed by atoms with van der Waals surface area (Å²) < 4.78 is 23.1. The van der Waals surface area contributed by atoms with Gasteiger partial charge < -0.3 is 0 Å². The lowest BCUT2D eigenvalue weighted by molar-refractivity contribution is 0.416. The first-order chi connectivity index (χ1) is 4.91. The highest BCUT2D eigenvalue weighted by Gasteiger charge is 2.33. The zero-order chi connectivity index (χ0) is 8.65. The second-order valence-electron chi connectivity index (χ2n) is 3.20. The summed E-state index contributed by atoms with van der Waals surface area (Å²) in [6.07, 6.45) is 0.909. The van der Waals surface area contributed by atoms with Crippen molar-refractivity contribution in [1.29, 1.82) is 0 Å². The minimum absolute atomic E-state index is 0.0625. The maximum Gasteiger partial charge on any atom is 0.300 e. The molecule has 0 aromatic rings. The monoisotopic (exact) mass is 197 g/mol. The molecule has 66 valence electrons. The van der Waals surface area contributed by atoms with Crippen LogP contribution in [-0.2, 0) is 9.24 Å². The highest BCUT2D eigenvalue weighted by Crippen LogP contribution is 2.26. The molecular formula is C6H12ClNO2S. The second kappa shape index (κ2) is 2.92. The third-order valence-electron chi connectivity index (χ3n) is 2.01. The van der Waals surface area contributed by atoms with Crippen LogP contribution in [0.1, 0.15) is 20.3 Å². The van der Waals surface area contributed by atoms with Gasteiger partial charge in [0.25, 0.3) is 9.24 Å². The van der Waals surface area contributed by atoms with Crippen molar-refractivity contribution in [2.45, 2.75) is 26.3 Å². The molecule has 2 atom stereocenters. The molecule has 0 aromatic carbocycles. The van der Waals surface area contributed by atoms with Gasteiger partial charge in [-0.2, -0.15) is 12.7 Å². The Hall–Kier alpha value is 0.200. The van der Waals surface area contributed by atoms with Crippen LogP contribution in [0.3, 0.4) is 0 Å². The van der Waals surface area contributed by atoms with Crippen molar-refractivity contribution in [1.82, 2.24) is 4.31 Å². The molecule has 5 heteroatoms. The molecule has 2 unspecified atom stereocenters. The fourth-order valence-corrected chi connectivity index (χ4v) is 3.09. The Kier molecular flexibility index (Phi) is 2.46. The Morgan fingerprint density at radius 1 is 1.45 bits per heavy atom. The zero-order valence-corrected chi connectivity index (χ0v) is 8.19. The highest BCUT2D eigenvalue weighted by molar-refractivity contribution is 8.11. The van der Waals surface area contributed by atoms with E-state index >= 15 is 0 Å². The van der Waals surface area contributed by atoms with Crippen LogP contribution >= 0.6 is 10.7 Å². The summed E-state index contributed by atoms with van der Waals surface area (Å²) in [7, 11) is 1.72. The molecule has 0 spiro atoms. The van der Waals surface area contributed by atoms with E-state index in [9.17, 15) is 8.42 Å². The van der Waals surface area contributed by atoms with Gasteiger partial charge in [0.1, 0.15) is 0 Å². The van der Waals surface area contributed by atoms with Gasteiger partial charge in [-0.15, -0.1) is 0 Å². The number of hydrogen-bond donors (Lipinski definition) is 0. The van der Waals surface area contributed by atoms with Crippen LogP contribution in [0.2, 0.25) is 0 Å². The smallest absolute Gasteiger partial charge is 0.195 e.